The van der Waals surface area contributed by atoms with Crippen molar-refractivity contribution in [1.29, 1.82) is 5.41 Å². The average molecular weight is 459 g/mol. The van der Waals surface area contributed by atoms with E-state index in [9.17, 15) is 0 Å². The Bertz CT molecular complexity index is 805. The SMILES string of the molecule is CCOc1cc(Cl)ccc1/C=N/NC(=N)N/N=C/c1ccc(Cl)cc1OCC.Cl. The van der Waals surface area contributed by atoms with Gasteiger partial charge in [0.15, 0.2) is 0 Å². The molecule has 0 fully saturated rings. The molecule has 0 aliphatic carbocycles. The predicted molar refractivity (Wildman–Crippen MR) is 122 cm³/mol. The normalized spacial score (nSPS) is 10.6. The van der Waals surface area contributed by atoms with Gasteiger partial charge in [-0.3, -0.25) is 5.41 Å². The smallest absolute Gasteiger partial charge is 0.230 e. The summed E-state index contributed by atoms with van der Waals surface area (Å²) in [5, 5.41) is 16.9. The minimum Gasteiger partial charge on any atom is -0.493 e. The van der Waals surface area contributed by atoms with E-state index >= 15 is 0 Å². The number of rotatable bonds is 8. The molecule has 2 aromatic carbocycles. The molecule has 0 saturated heterocycles. The number of hydrogen-bond acceptors (Lipinski definition) is 5. The van der Waals surface area contributed by atoms with E-state index in [0.717, 1.165) is 11.1 Å². The van der Waals surface area contributed by atoms with Crippen LogP contribution in [0.1, 0.15) is 25.0 Å². The van der Waals surface area contributed by atoms with E-state index in [2.05, 4.69) is 21.1 Å². The van der Waals surface area contributed by atoms with Gasteiger partial charge in [0.2, 0.25) is 5.96 Å². The van der Waals surface area contributed by atoms with Gasteiger partial charge in [-0.1, -0.05) is 23.2 Å². The maximum absolute atomic E-state index is 7.80. The summed E-state index contributed by atoms with van der Waals surface area (Å²) in [5.41, 5.74) is 6.54. The highest BCUT2D eigenvalue weighted by atomic mass is 35.5. The zero-order valence-electron chi connectivity index (χ0n) is 15.9. The largest absolute Gasteiger partial charge is 0.493 e. The average Bonchev–Trinajstić information content (AvgIpc) is 2.66. The molecular formula is C19H22Cl3N5O2. The Morgan fingerprint density at radius 1 is 0.897 bits per heavy atom. The van der Waals surface area contributed by atoms with Gasteiger partial charge in [0.05, 0.1) is 25.6 Å². The van der Waals surface area contributed by atoms with Crippen LogP contribution in [0, 0.1) is 5.41 Å². The Labute approximate surface area is 186 Å². The molecule has 3 N–H and O–H groups in total. The fraction of sp³-hybridized carbons (Fsp3) is 0.211. The van der Waals surface area contributed by atoms with Crippen molar-refractivity contribution in [3.05, 3.63) is 57.6 Å². The topological polar surface area (TPSA) is 91.1 Å². The van der Waals surface area contributed by atoms with Crippen molar-refractivity contribution < 1.29 is 9.47 Å². The van der Waals surface area contributed by atoms with E-state index in [4.69, 9.17) is 38.1 Å². The first-order valence-electron chi connectivity index (χ1n) is 8.54. The van der Waals surface area contributed by atoms with Gasteiger partial charge in [-0.15, -0.1) is 12.4 Å². The Morgan fingerprint density at radius 2 is 1.31 bits per heavy atom. The van der Waals surface area contributed by atoms with Crippen molar-refractivity contribution in [1.82, 2.24) is 10.9 Å². The molecule has 2 rings (SSSR count). The first-order chi connectivity index (χ1) is 13.5. The number of guanidine groups is 1. The Balaban J connectivity index is 0.00000420. The van der Waals surface area contributed by atoms with Crippen LogP contribution >= 0.6 is 35.6 Å². The van der Waals surface area contributed by atoms with Crippen molar-refractivity contribution in [3.8, 4) is 11.5 Å². The van der Waals surface area contributed by atoms with Gasteiger partial charge in [-0.2, -0.15) is 10.2 Å². The molecule has 0 radical (unpaired) electrons. The number of nitrogens with one attached hydrogen (secondary N) is 3. The Hall–Kier alpha value is -2.48. The van der Waals surface area contributed by atoms with Gasteiger partial charge in [-0.05, 0) is 50.2 Å². The van der Waals surface area contributed by atoms with Gasteiger partial charge in [0.1, 0.15) is 11.5 Å². The van der Waals surface area contributed by atoms with Crippen molar-refractivity contribution in [2.24, 2.45) is 10.2 Å². The molecule has 0 atom stereocenters. The fourth-order valence-corrected chi connectivity index (χ4v) is 2.47. The Kier molecular flexibility index (Phi) is 10.9. The number of ether oxygens (including phenoxy) is 2. The number of hydrogen-bond donors (Lipinski definition) is 3. The standard InChI is InChI=1S/C19H21Cl2N5O2.ClH/c1-3-27-17-9-15(20)7-5-13(17)11-23-25-19(22)26-24-12-14-6-8-16(21)10-18(14)28-4-2;/h5-12H,3-4H2,1-2H3,(H3,22,25,26);1H/b23-11+,24-12+;. The number of nitrogens with zero attached hydrogens (tertiary/aromatic N) is 2. The van der Waals surface area contributed by atoms with E-state index in [1.165, 1.54) is 12.4 Å². The van der Waals surface area contributed by atoms with Crippen molar-refractivity contribution >= 4 is 54.0 Å². The molecule has 0 saturated carbocycles. The number of hydrazone groups is 2. The van der Waals surface area contributed by atoms with Crippen LogP contribution in [-0.4, -0.2) is 31.6 Å². The van der Waals surface area contributed by atoms with E-state index in [1.807, 2.05) is 13.8 Å². The molecule has 7 nitrogen and oxygen atoms in total. The van der Waals surface area contributed by atoms with Crippen molar-refractivity contribution in [3.63, 3.8) is 0 Å². The molecule has 0 bridgehead atoms. The molecule has 2 aromatic rings. The fourth-order valence-electron chi connectivity index (χ4n) is 2.15. The second-order valence-corrected chi connectivity index (χ2v) is 6.22. The lowest BCUT2D eigenvalue weighted by molar-refractivity contribution is 0.339. The third-order valence-corrected chi connectivity index (χ3v) is 3.78. The van der Waals surface area contributed by atoms with E-state index in [-0.39, 0.29) is 18.4 Å². The van der Waals surface area contributed by atoms with Crippen LogP contribution in [0.5, 0.6) is 11.5 Å². The van der Waals surface area contributed by atoms with E-state index < -0.39 is 0 Å². The van der Waals surface area contributed by atoms with E-state index in [1.54, 1.807) is 36.4 Å². The molecule has 0 spiro atoms. The first-order valence-corrected chi connectivity index (χ1v) is 9.30. The molecule has 0 aliphatic rings. The minimum absolute atomic E-state index is 0. The summed E-state index contributed by atoms with van der Waals surface area (Å²) in [6.07, 6.45) is 3.07. The molecule has 156 valence electrons. The monoisotopic (exact) mass is 457 g/mol. The van der Waals surface area contributed by atoms with Crippen LogP contribution in [-0.2, 0) is 0 Å². The van der Waals surface area contributed by atoms with Crippen molar-refractivity contribution in [2.75, 3.05) is 13.2 Å². The molecule has 0 amide bonds. The maximum Gasteiger partial charge on any atom is 0.230 e. The lowest BCUT2D eigenvalue weighted by atomic mass is 10.2. The van der Waals surface area contributed by atoms with Crippen LogP contribution in [0.3, 0.4) is 0 Å². The summed E-state index contributed by atoms with van der Waals surface area (Å²) in [7, 11) is 0. The lowest BCUT2D eigenvalue weighted by Crippen LogP contribution is -2.29. The van der Waals surface area contributed by atoms with Crippen LogP contribution in [0.4, 0.5) is 0 Å². The molecule has 10 heteroatoms. The van der Waals surface area contributed by atoms with Crippen LogP contribution in [0.25, 0.3) is 0 Å². The molecule has 0 unspecified atom stereocenters. The third kappa shape index (κ3) is 8.19. The highest BCUT2D eigenvalue weighted by Crippen LogP contribution is 2.22. The zero-order valence-corrected chi connectivity index (χ0v) is 18.2. The molecular weight excluding hydrogens is 437 g/mol. The maximum atomic E-state index is 7.80. The number of halogens is 3. The van der Waals surface area contributed by atoms with Crippen LogP contribution in [0.15, 0.2) is 46.6 Å². The van der Waals surface area contributed by atoms with Gasteiger partial charge in [0, 0.05) is 21.2 Å². The highest BCUT2D eigenvalue weighted by molar-refractivity contribution is 6.31. The third-order valence-electron chi connectivity index (χ3n) is 3.31. The molecule has 0 aliphatic heterocycles. The van der Waals surface area contributed by atoms with E-state index in [0.29, 0.717) is 34.8 Å². The quantitative estimate of drug-likeness (QED) is 0.304. The summed E-state index contributed by atoms with van der Waals surface area (Å²) in [5.74, 6) is 1.12. The summed E-state index contributed by atoms with van der Waals surface area (Å²) in [6.45, 7) is 4.79. The highest BCUT2D eigenvalue weighted by Gasteiger charge is 2.03. The van der Waals surface area contributed by atoms with Gasteiger partial charge < -0.3 is 9.47 Å². The zero-order chi connectivity index (χ0) is 20.4. The number of benzene rings is 2. The summed E-state index contributed by atoms with van der Waals surface area (Å²) >= 11 is 11.9. The van der Waals surface area contributed by atoms with Gasteiger partial charge >= 0.3 is 0 Å². The predicted octanol–water partition coefficient (Wildman–Crippen LogP) is 4.69. The van der Waals surface area contributed by atoms with Crippen LogP contribution < -0.4 is 20.3 Å². The lowest BCUT2D eigenvalue weighted by Gasteiger charge is -2.08. The van der Waals surface area contributed by atoms with Gasteiger partial charge in [-0.25, -0.2) is 10.9 Å². The summed E-state index contributed by atoms with van der Waals surface area (Å²) < 4.78 is 11.0. The second kappa shape index (κ2) is 12.9. The summed E-state index contributed by atoms with van der Waals surface area (Å²) in [4.78, 5) is 0. The molecule has 29 heavy (non-hydrogen) atoms. The Morgan fingerprint density at radius 3 is 1.69 bits per heavy atom. The first kappa shape index (κ1) is 24.6. The molecule has 0 heterocycles. The second-order valence-electron chi connectivity index (χ2n) is 5.35. The minimum atomic E-state index is -0.105. The molecule has 0 aromatic heterocycles. The summed E-state index contributed by atoms with van der Waals surface area (Å²) in [6, 6.07) is 10.5. The van der Waals surface area contributed by atoms with Crippen LogP contribution in [0.2, 0.25) is 10.0 Å². The van der Waals surface area contributed by atoms with Gasteiger partial charge in [0.25, 0.3) is 0 Å². The van der Waals surface area contributed by atoms with Crippen molar-refractivity contribution in [2.45, 2.75) is 13.8 Å².